The van der Waals surface area contributed by atoms with E-state index in [2.05, 4.69) is 18.8 Å². The molecular weight excluding hydrogens is 226 g/mol. The van der Waals surface area contributed by atoms with Crippen LogP contribution in [0.25, 0.3) is 0 Å². The van der Waals surface area contributed by atoms with Gasteiger partial charge in [0.05, 0.1) is 6.61 Å². The third-order valence-electron chi connectivity index (χ3n) is 2.38. The first-order chi connectivity index (χ1) is 8.54. The average molecular weight is 253 g/mol. The van der Waals surface area contributed by atoms with Crippen LogP contribution in [0.4, 0.5) is 0 Å². The Bertz CT molecular complexity index is 337. The Kier molecular flexibility index (Phi) is 8.38. The molecule has 18 heavy (non-hydrogen) atoms. The number of hydrogen-bond acceptors (Lipinski definition) is 3. The molecule has 0 radical (unpaired) electrons. The SMILES string of the molecule is CC.COCC(C)Oc1cc(C)ncc1C(C)C. The molecule has 104 valence electrons. The van der Waals surface area contributed by atoms with Gasteiger partial charge in [0.15, 0.2) is 0 Å². The molecule has 0 N–H and O–H groups in total. The van der Waals surface area contributed by atoms with Crippen LogP contribution in [0.2, 0.25) is 0 Å². The number of nitrogens with zero attached hydrogens (tertiary/aromatic N) is 1. The molecule has 0 aliphatic rings. The lowest BCUT2D eigenvalue weighted by molar-refractivity contribution is 0.0911. The van der Waals surface area contributed by atoms with Gasteiger partial charge in [-0.1, -0.05) is 27.7 Å². The van der Waals surface area contributed by atoms with Crippen molar-refractivity contribution in [1.82, 2.24) is 4.98 Å². The third kappa shape index (κ3) is 5.50. The lowest BCUT2D eigenvalue weighted by atomic mass is 10.0. The molecule has 1 unspecified atom stereocenters. The van der Waals surface area contributed by atoms with Crippen LogP contribution in [0, 0.1) is 6.92 Å². The Hall–Kier alpha value is -1.09. The fourth-order valence-corrected chi connectivity index (χ4v) is 1.57. The van der Waals surface area contributed by atoms with Crippen molar-refractivity contribution < 1.29 is 9.47 Å². The predicted molar refractivity (Wildman–Crippen MR) is 76.4 cm³/mol. The summed E-state index contributed by atoms with van der Waals surface area (Å²) in [6.45, 7) is 12.8. The van der Waals surface area contributed by atoms with Crippen LogP contribution in [0.1, 0.15) is 51.8 Å². The highest BCUT2D eigenvalue weighted by molar-refractivity contribution is 5.35. The zero-order valence-electron chi connectivity index (χ0n) is 12.8. The van der Waals surface area contributed by atoms with Crippen molar-refractivity contribution in [3.63, 3.8) is 0 Å². The highest BCUT2D eigenvalue weighted by Gasteiger charge is 2.11. The van der Waals surface area contributed by atoms with Gasteiger partial charge in [-0.15, -0.1) is 0 Å². The van der Waals surface area contributed by atoms with Gasteiger partial charge in [-0.05, 0) is 19.8 Å². The summed E-state index contributed by atoms with van der Waals surface area (Å²) in [6.07, 6.45) is 1.96. The molecule has 1 atom stereocenters. The van der Waals surface area contributed by atoms with Crippen LogP contribution < -0.4 is 4.74 Å². The van der Waals surface area contributed by atoms with Crippen molar-refractivity contribution in [3.05, 3.63) is 23.5 Å². The number of aromatic nitrogens is 1. The van der Waals surface area contributed by atoms with Crippen LogP contribution in [0.3, 0.4) is 0 Å². The molecule has 1 heterocycles. The van der Waals surface area contributed by atoms with Crippen molar-refractivity contribution in [2.24, 2.45) is 0 Å². The van der Waals surface area contributed by atoms with Gasteiger partial charge in [0.1, 0.15) is 11.9 Å². The standard InChI is InChI=1S/C13H21NO2.C2H6/c1-9(2)12-7-14-10(3)6-13(12)16-11(4)8-15-5;1-2/h6-7,9,11H,8H2,1-5H3;1-2H3. The zero-order chi connectivity index (χ0) is 14.1. The Morgan fingerprint density at radius 3 is 2.33 bits per heavy atom. The molecule has 0 bridgehead atoms. The molecule has 0 fully saturated rings. The molecule has 1 aromatic rings. The van der Waals surface area contributed by atoms with Gasteiger partial charge < -0.3 is 9.47 Å². The van der Waals surface area contributed by atoms with Gasteiger partial charge in [0.25, 0.3) is 0 Å². The summed E-state index contributed by atoms with van der Waals surface area (Å²) in [6, 6.07) is 1.99. The molecule has 0 aromatic carbocycles. The van der Waals surface area contributed by atoms with E-state index >= 15 is 0 Å². The second kappa shape index (κ2) is 8.92. The Morgan fingerprint density at radius 1 is 1.22 bits per heavy atom. The first kappa shape index (κ1) is 16.9. The van der Waals surface area contributed by atoms with Crippen molar-refractivity contribution in [1.29, 1.82) is 0 Å². The maximum Gasteiger partial charge on any atom is 0.126 e. The minimum atomic E-state index is 0.0595. The lowest BCUT2D eigenvalue weighted by Gasteiger charge is -2.18. The second-order valence-electron chi connectivity index (χ2n) is 4.40. The summed E-state index contributed by atoms with van der Waals surface area (Å²) in [5, 5.41) is 0. The van der Waals surface area contributed by atoms with E-state index in [1.165, 1.54) is 0 Å². The summed E-state index contributed by atoms with van der Waals surface area (Å²) < 4.78 is 10.9. The highest BCUT2D eigenvalue weighted by atomic mass is 16.5. The summed E-state index contributed by atoms with van der Waals surface area (Å²) in [4.78, 5) is 4.30. The maximum atomic E-state index is 5.86. The fraction of sp³-hybridized carbons (Fsp3) is 0.667. The Labute approximate surface area is 112 Å². The largest absolute Gasteiger partial charge is 0.488 e. The van der Waals surface area contributed by atoms with Crippen LogP contribution in [0.15, 0.2) is 12.3 Å². The van der Waals surface area contributed by atoms with E-state index < -0.39 is 0 Å². The molecule has 1 rings (SSSR count). The van der Waals surface area contributed by atoms with E-state index in [-0.39, 0.29) is 6.10 Å². The van der Waals surface area contributed by atoms with E-state index in [1.807, 2.05) is 40.0 Å². The Balaban J connectivity index is 0.00000137. The van der Waals surface area contributed by atoms with Crippen LogP contribution in [0.5, 0.6) is 5.75 Å². The van der Waals surface area contributed by atoms with E-state index in [0.717, 1.165) is 17.0 Å². The lowest BCUT2D eigenvalue weighted by Crippen LogP contribution is -2.19. The quantitative estimate of drug-likeness (QED) is 0.796. The monoisotopic (exact) mass is 253 g/mol. The minimum Gasteiger partial charge on any atom is -0.488 e. The molecule has 3 nitrogen and oxygen atoms in total. The average Bonchev–Trinajstić information content (AvgIpc) is 2.31. The van der Waals surface area contributed by atoms with Crippen molar-refractivity contribution in [2.75, 3.05) is 13.7 Å². The van der Waals surface area contributed by atoms with Crippen LogP contribution in [-0.2, 0) is 4.74 Å². The Morgan fingerprint density at radius 2 is 1.83 bits per heavy atom. The second-order valence-corrected chi connectivity index (χ2v) is 4.40. The van der Waals surface area contributed by atoms with Crippen LogP contribution in [-0.4, -0.2) is 24.8 Å². The van der Waals surface area contributed by atoms with Crippen molar-refractivity contribution in [3.8, 4) is 5.75 Å². The fourth-order valence-electron chi connectivity index (χ4n) is 1.57. The van der Waals surface area contributed by atoms with Crippen molar-refractivity contribution >= 4 is 0 Å². The number of pyridine rings is 1. The van der Waals surface area contributed by atoms with E-state index in [1.54, 1.807) is 7.11 Å². The predicted octanol–water partition coefficient (Wildman–Crippen LogP) is 3.95. The minimum absolute atomic E-state index is 0.0595. The van der Waals surface area contributed by atoms with Crippen molar-refractivity contribution in [2.45, 2.75) is 53.6 Å². The normalized spacial score (nSPS) is 11.8. The summed E-state index contributed by atoms with van der Waals surface area (Å²) in [7, 11) is 1.68. The molecule has 0 aliphatic heterocycles. The maximum absolute atomic E-state index is 5.86. The molecule has 0 saturated carbocycles. The van der Waals surface area contributed by atoms with E-state index in [0.29, 0.717) is 12.5 Å². The molecule has 3 heteroatoms. The van der Waals surface area contributed by atoms with Crippen LogP contribution >= 0.6 is 0 Å². The first-order valence-corrected chi connectivity index (χ1v) is 6.66. The summed E-state index contributed by atoms with van der Waals surface area (Å²) in [5.41, 5.74) is 2.12. The van der Waals surface area contributed by atoms with Gasteiger partial charge in [-0.3, -0.25) is 4.98 Å². The van der Waals surface area contributed by atoms with E-state index in [4.69, 9.17) is 9.47 Å². The summed E-state index contributed by atoms with van der Waals surface area (Å²) >= 11 is 0. The zero-order valence-corrected chi connectivity index (χ0v) is 12.8. The smallest absolute Gasteiger partial charge is 0.126 e. The highest BCUT2D eigenvalue weighted by Crippen LogP contribution is 2.26. The molecule has 0 saturated heterocycles. The number of hydrogen-bond donors (Lipinski definition) is 0. The number of rotatable bonds is 5. The molecular formula is C15H27NO2. The molecule has 1 aromatic heterocycles. The number of ether oxygens (including phenoxy) is 2. The topological polar surface area (TPSA) is 31.4 Å². The molecule has 0 spiro atoms. The number of methoxy groups -OCH3 is 1. The molecule has 0 aliphatic carbocycles. The van der Waals surface area contributed by atoms with Gasteiger partial charge >= 0.3 is 0 Å². The third-order valence-corrected chi connectivity index (χ3v) is 2.38. The first-order valence-electron chi connectivity index (χ1n) is 6.66. The molecule has 0 amide bonds. The van der Waals surface area contributed by atoms with Gasteiger partial charge in [0.2, 0.25) is 0 Å². The van der Waals surface area contributed by atoms with Gasteiger partial charge in [-0.25, -0.2) is 0 Å². The number of aryl methyl sites for hydroxylation is 1. The summed E-state index contributed by atoms with van der Waals surface area (Å²) in [5.74, 6) is 1.34. The van der Waals surface area contributed by atoms with Gasteiger partial charge in [0, 0.05) is 30.6 Å². The van der Waals surface area contributed by atoms with Gasteiger partial charge in [-0.2, -0.15) is 0 Å². The van der Waals surface area contributed by atoms with E-state index in [9.17, 15) is 0 Å².